The fourth-order valence-corrected chi connectivity index (χ4v) is 5.95. The summed E-state index contributed by atoms with van der Waals surface area (Å²) >= 11 is 0. The van der Waals surface area contributed by atoms with Gasteiger partial charge < -0.3 is 25.2 Å². The van der Waals surface area contributed by atoms with Crippen LogP contribution < -0.4 is 5.32 Å². The SMILES string of the molecule is [2H]C([2H])(C(=O)O)[C@]([2H])(O)C[C@H](O)C(C)Cn1c(-c2ccc(F)cc2)c(-c2cccc(C)c2C)c(C(=O)Nc2ccc(C)c(C)c2)c1C(C)CC. The largest absolute Gasteiger partial charge is 0.481 e. The quantitative estimate of drug-likeness (QED) is 0.117. The summed E-state index contributed by atoms with van der Waals surface area (Å²) in [4.78, 5) is 26.2. The normalized spacial score (nSPS) is 15.9. The van der Waals surface area contributed by atoms with Crippen molar-refractivity contribution in [3.05, 3.63) is 100.0 Å². The van der Waals surface area contributed by atoms with Crippen LogP contribution in [-0.2, 0) is 11.3 Å². The van der Waals surface area contributed by atoms with Gasteiger partial charge in [0.25, 0.3) is 5.91 Å². The number of nitrogens with zero attached hydrogens (tertiary/aromatic N) is 1. The third kappa shape index (κ3) is 8.00. The molecule has 0 saturated heterocycles. The Morgan fingerprint density at radius 1 is 0.979 bits per heavy atom. The van der Waals surface area contributed by atoms with Gasteiger partial charge in [0.2, 0.25) is 0 Å². The molecule has 0 radical (unpaired) electrons. The van der Waals surface area contributed by atoms with Gasteiger partial charge in [-0.25, -0.2) is 4.39 Å². The lowest BCUT2D eigenvalue weighted by molar-refractivity contribution is -0.139. The average molecular weight is 646 g/mol. The van der Waals surface area contributed by atoms with Crippen molar-refractivity contribution in [3.8, 4) is 22.4 Å². The summed E-state index contributed by atoms with van der Waals surface area (Å²) in [6.07, 6.45) is -8.26. The van der Waals surface area contributed by atoms with Crippen LogP contribution in [0.3, 0.4) is 0 Å². The van der Waals surface area contributed by atoms with Crippen LogP contribution in [0.1, 0.15) is 88.3 Å². The summed E-state index contributed by atoms with van der Waals surface area (Å²) in [7, 11) is 0. The number of aryl methyl sites for hydroxylation is 3. The molecule has 0 fully saturated rings. The molecular weight excluding hydrogens is 595 g/mol. The predicted molar refractivity (Wildman–Crippen MR) is 185 cm³/mol. The number of anilines is 1. The number of halogens is 1. The van der Waals surface area contributed by atoms with Gasteiger partial charge in [0.05, 0.1) is 31.2 Å². The van der Waals surface area contributed by atoms with Crippen molar-refractivity contribution >= 4 is 17.6 Å². The van der Waals surface area contributed by atoms with Crippen molar-refractivity contribution in [2.24, 2.45) is 5.92 Å². The molecule has 250 valence electrons. The van der Waals surface area contributed by atoms with Crippen LogP contribution >= 0.6 is 0 Å². The first-order chi connectivity index (χ1) is 23.3. The number of aliphatic carboxylic acids is 1. The third-order valence-corrected chi connectivity index (χ3v) is 9.15. The molecule has 0 aliphatic heterocycles. The summed E-state index contributed by atoms with van der Waals surface area (Å²) in [5, 5.41) is 34.3. The molecule has 3 aromatic carbocycles. The van der Waals surface area contributed by atoms with E-state index < -0.39 is 42.7 Å². The maximum Gasteiger partial charge on any atom is 0.305 e. The number of aliphatic hydroxyl groups is 2. The highest BCUT2D eigenvalue weighted by Crippen LogP contribution is 2.45. The molecule has 0 aliphatic rings. The first-order valence-electron chi connectivity index (χ1n) is 17.4. The molecule has 4 atom stereocenters. The average Bonchev–Trinajstić information content (AvgIpc) is 3.38. The topological polar surface area (TPSA) is 112 Å². The van der Waals surface area contributed by atoms with E-state index in [-0.39, 0.29) is 18.4 Å². The molecule has 4 aromatic rings. The van der Waals surface area contributed by atoms with E-state index in [4.69, 9.17) is 4.11 Å². The second kappa shape index (κ2) is 15.1. The Hall–Kier alpha value is -4.27. The highest BCUT2D eigenvalue weighted by atomic mass is 19.1. The number of amides is 1. The van der Waals surface area contributed by atoms with Gasteiger partial charge in [0, 0.05) is 38.6 Å². The Morgan fingerprint density at radius 2 is 1.66 bits per heavy atom. The van der Waals surface area contributed by atoms with Gasteiger partial charge >= 0.3 is 5.97 Å². The fourth-order valence-electron chi connectivity index (χ4n) is 5.95. The maximum atomic E-state index is 14.7. The molecule has 47 heavy (non-hydrogen) atoms. The van der Waals surface area contributed by atoms with Crippen LogP contribution in [-0.4, -0.2) is 43.9 Å². The molecule has 0 aliphatic carbocycles. The molecular formula is C39H47FN2O5. The first-order valence-corrected chi connectivity index (χ1v) is 15.9. The summed E-state index contributed by atoms with van der Waals surface area (Å²) < 4.78 is 40.0. The second-order valence-electron chi connectivity index (χ2n) is 12.5. The zero-order chi connectivity index (χ0) is 37.3. The zero-order valence-corrected chi connectivity index (χ0v) is 28.1. The predicted octanol–water partition coefficient (Wildman–Crippen LogP) is 8.18. The Labute approximate surface area is 281 Å². The molecule has 0 spiro atoms. The lowest BCUT2D eigenvalue weighted by atomic mass is 9.89. The standard InChI is InChI=1S/C39H47FN2O5/c1-8-22(2)37-36(39(47)41-30-17-12-23(3)25(5)18-30)35(32-11-9-10-24(4)27(32)7)38(28-13-15-29(40)16-14-28)42(37)21-26(6)33(44)19-31(43)20-34(45)46/h9-18,22,26,31,33,43-44H,8,19-21H2,1-7H3,(H,41,47)(H,45,46)/t22?,26?,31-,33+/m1/s1/i20D2,31D. The van der Waals surface area contributed by atoms with E-state index in [0.717, 1.165) is 27.8 Å². The number of aromatic nitrogens is 1. The van der Waals surface area contributed by atoms with E-state index in [2.05, 4.69) is 5.32 Å². The molecule has 7 nitrogen and oxygen atoms in total. The number of hydrogen-bond acceptors (Lipinski definition) is 4. The lowest BCUT2D eigenvalue weighted by Crippen LogP contribution is -2.29. The van der Waals surface area contributed by atoms with Crippen molar-refractivity contribution in [1.29, 1.82) is 0 Å². The number of hydrogen-bond donors (Lipinski definition) is 4. The number of carboxylic acids is 1. The van der Waals surface area contributed by atoms with E-state index in [0.29, 0.717) is 40.2 Å². The molecule has 0 saturated carbocycles. The highest BCUT2D eigenvalue weighted by Gasteiger charge is 2.33. The molecule has 1 heterocycles. The summed E-state index contributed by atoms with van der Waals surface area (Å²) in [6, 6.07) is 17.4. The van der Waals surface area contributed by atoms with Crippen LogP contribution in [0, 0.1) is 39.4 Å². The van der Waals surface area contributed by atoms with Gasteiger partial charge in [-0.2, -0.15) is 0 Å². The Bertz CT molecular complexity index is 1890. The molecule has 0 bridgehead atoms. The number of carboxylic acid groups (broad SMARTS) is 1. The summed E-state index contributed by atoms with van der Waals surface area (Å²) in [5.41, 5.74) is 8.32. The molecule has 1 amide bonds. The number of aliphatic hydroxyl groups excluding tert-OH is 1. The number of carbonyl (C=O) groups is 2. The molecule has 1 aromatic heterocycles. The minimum atomic E-state index is -3.35. The minimum absolute atomic E-state index is 0.0362. The van der Waals surface area contributed by atoms with E-state index in [1.54, 1.807) is 19.1 Å². The molecule has 4 rings (SSSR count). The van der Waals surface area contributed by atoms with Gasteiger partial charge in [0.15, 0.2) is 0 Å². The molecule has 2 unspecified atom stereocenters. The number of carbonyl (C=O) groups excluding carboxylic acids is 1. The van der Waals surface area contributed by atoms with E-state index in [1.807, 2.05) is 82.5 Å². The van der Waals surface area contributed by atoms with Crippen molar-refractivity contribution in [2.75, 3.05) is 5.32 Å². The van der Waals surface area contributed by atoms with Crippen LogP contribution in [0.5, 0.6) is 0 Å². The number of nitrogens with one attached hydrogen (secondary N) is 1. The Morgan fingerprint density at radius 3 is 2.28 bits per heavy atom. The smallest absolute Gasteiger partial charge is 0.305 e. The minimum Gasteiger partial charge on any atom is -0.481 e. The van der Waals surface area contributed by atoms with Gasteiger partial charge in [-0.1, -0.05) is 45.0 Å². The van der Waals surface area contributed by atoms with Crippen molar-refractivity contribution in [3.63, 3.8) is 0 Å². The monoisotopic (exact) mass is 645 g/mol. The Kier molecular flexibility index (Phi) is 10.1. The van der Waals surface area contributed by atoms with Crippen LogP contribution in [0.2, 0.25) is 0 Å². The van der Waals surface area contributed by atoms with Crippen LogP contribution in [0.15, 0.2) is 60.7 Å². The zero-order valence-electron chi connectivity index (χ0n) is 31.1. The van der Waals surface area contributed by atoms with Gasteiger partial charge in [-0.15, -0.1) is 0 Å². The van der Waals surface area contributed by atoms with Crippen molar-refractivity contribution in [2.45, 2.75) is 92.3 Å². The summed E-state index contributed by atoms with van der Waals surface area (Å²) in [5.74, 6) is -3.79. The lowest BCUT2D eigenvalue weighted by Gasteiger charge is -2.26. The fraction of sp³-hybridized carbons (Fsp3) is 0.385. The van der Waals surface area contributed by atoms with Crippen molar-refractivity contribution < 1.29 is 33.4 Å². The van der Waals surface area contributed by atoms with Crippen LogP contribution in [0.25, 0.3) is 22.4 Å². The maximum absolute atomic E-state index is 14.7. The molecule has 8 heteroatoms. The number of rotatable bonds is 13. The third-order valence-electron chi connectivity index (χ3n) is 9.15. The van der Waals surface area contributed by atoms with Crippen molar-refractivity contribution in [1.82, 2.24) is 4.57 Å². The second-order valence-corrected chi connectivity index (χ2v) is 12.5. The van der Waals surface area contributed by atoms with Gasteiger partial charge in [-0.05, 0) is 110 Å². The van der Waals surface area contributed by atoms with E-state index in [1.165, 1.54) is 12.1 Å². The van der Waals surface area contributed by atoms with Crippen LogP contribution in [0.4, 0.5) is 10.1 Å². The first kappa shape index (κ1) is 31.3. The number of benzene rings is 3. The highest BCUT2D eigenvalue weighted by molar-refractivity contribution is 6.13. The Balaban J connectivity index is 2.03. The summed E-state index contributed by atoms with van der Waals surface area (Å²) in [6.45, 7) is 13.6. The van der Waals surface area contributed by atoms with E-state index >= 15 is 0 Å². The van der Waals surface area contributed by atoms with Gasteiger partial charge in [0.1, 0.15) is 5.82 Å². The molecule has 4 N–H and O–H groups in total. The van der Waals surface area contributed by atoms with Gasteiger partial charge in [-0.3, -0.25) is 9.59 Å². The van der Waals surface area contributed by atoms with E-state index in [9.17, 15) is 29.3 Å².